The van der Waals surface area contributed by atoms with Crippen molar-refractivity contribution in [3.05, 3.63) is 29.8 Å². The van der Waals surface area contributed by atoms with Gasteiger partial charge < -0.3 is 10.1 Å². The summed E-state index contributed by atoms with van der Waals surface area (Å²) in [6.07, 6.45) is 0.145. The molecule has 1 aromatic rings. The molecule has 0 bridgehead atoms. The Morgan fingerprint density at radius 1 is 1.29 bits per heavy atom. The van der Waals surface area contributed by atoms with Gasteiger partial charge in [0.15, 0.2) is 0 Å². The maximum atomic E-state index is 13.4. The van der Waals surface area contributed by atoms with Crippen molar-refractivity contribution in [2.45, 2.75) is 13.3 Å². The van der Waals surface area contributed by atoms with Crippen molar-refractivity contribution < 1.29 is 23.1 Å². The molecule has 1 aromatic carbocycles. The van der Waals surface area contributed by atoms with Crippen LogP contribution in [0.3, 0.4) is 0 Å². The van der Waals surface area contributed by atoms with Crippen LogP contribution < -0.4 is 5.32 Å². The topological polar surface area (TPSA) is 58.6 Å². The molecule has 0 saturated heterocycles. The number of methoxy groups -OCH3 is 1. The van der Waals surface area contributed by atoms with Gasteiger partial charge >= 0.3 is 5.97 Å². The molecule has 0 saturated carbocycles. The van der Waals surface area contributed by atoms with E-state index >= 15 is 0 Å². The lowest BCUT2D eigenvalue weighted by Gasteiger charge is -2.19. The number of benzene rings is 1. The van der Waals surface area contributed by atoms with Gasteiger partial charge in [-0.25, -0.2) is 8.78 Å². The fraction of sp³-hybridized carbons (Fsp3) is 0.429. The highest BCUT2D eigenvalue weighted by Crippen LogP contribution is 2.17. The highest BCUT2D eigenvalue weighted by atomic mass is 19.1. The first-order valence-corrected chi connectivity index (χ1v) is 6.51. The molecule has 0 aliphatic carbocycles. The van der Waals surface area contributed by atoms with Crippen LogP contribution in [0.15, 0.2) is 18.2 Å². The Hall–Kier alpha value is -2.02. The van der Waals surface area contributed by atoms with E-state index < -0.39 is 23.2 Å². The van der Waals surface area contributed by atoms with Crippen LogP contribution in [0.1, 0.15) is 13.3 Å². The fourth-order valence-corrected chi connectivity index (χ4v) is 1.70. The zero-order valence-corrected chi connectivity index (χ0v) is 12.0. The molecule has 0 aliphatic heterocycles. The van der Waals surface area contributed by atoms with Gasteiger partial charge in [0.25, 0.3) is 0 Å². The third-order valence-corrected chi connectivity index (χ3v) is 2.90. The third-order valence-electron chi connectivity index (χ3n) is 2.90. The van der Waals surface area contributed by atoms with E-state index in [2.05, 4.69) is 10.1 Å². The summed E-state index contributed by atoms with van der Waals surface area (Å²) in [5.74, 6) is -2.60. The first-order chi connectivity index (χ1) is 9.97. The Morgan fingerprint density at radius 2 is 1.90 bits per heavy atom. The SMILES string of the molecule is CCN(CCC(=O)OC)CC(=O)Nc1c(F)cccc1F. The van der Waals surface area contributed by atoms with E-state index in [1.807, 2.05) is 6.92 Å². The van der Waals surface area contributed by atoms with Crippen LogP contribution in [-0.2, 0) is 14.3 Å². The molecular weight excluding hydrogens is 282 g/mol. The molecule has 0 aliphatic rings. The summed E-state index contributed by atoms with van der Waals surface area (Å²) < 4.78 is 31.3. The van der Waals surface area contributed by atoms with Gasteiger partial charge in [-0.15, -0.1) is 0 Å². The average molecular weight is 300 g/mol. The van der Waals surface area contributed by atoms with Crippen molar-refractivity contribution in [3.63, 3.8) is 0 Å². The Morgan fingerprint density at radius 3 is 2.43 bits per heavy atom. The van der Waals surface area contributed by atoms with Crippen molar-refractivity contribution in [2.75, 3.05) is 32.1 Å². The summed E-state index contributed by atoms with van der Waals surface area (Å²) in [6, 6.07) is 3.34. The first-order valence-electron chi connectivity index (χ1n) is 6.51. The minimum Gasteiger partial charge on any atom is -0.469 e. The molecule has 0 unspecified atom stereocenters. The number of ether oxygens (including phenoxy) is 1. The molecule has 7 heteroatoms. The number of esters is 1. The summed E-state index contributed by atoms with van der Waals surface area (Å²) in [6.45, 7) is 2.59. The second kappa shape index (κ2) is 8.31. The van der Waals surface area contributed by atoms with E-state index in [0.29, 0.717) is 13.1 Å². The number of halogens is 2. The second-order valence-corrected chi connectivity index (χ2v) is 4.34. The quantitative estimate of drug-likeness (QED) is 0.780. The number of nitrogens with one attached hydrogen (secondary N) is 1. The van der Waals surface area contributed by atoms with E-state index in [0.717, 1.165) is 12.1 Å². The van der Waals surface area contributed by atoms with E-state index in [9.17, 15) is 18.4 Å². The molecule has 5 nitrogen and oxygen atoms in total. The Labute approximate surface area is 121 Å². The summed E-state index contributed by atoms with van der Waals surface area (Å²) in [5.41, 5.74) is -0.466. The molecule has 0 radical (unpaired) electrons. The molecule has 1 rings (SSSR count). The number of hydrogen-bond acceptors (Lipinski definition) is 4. The van der Waals surface area contributed by atoms with Crippen LogP contribution in [0.25, 0.3) is 0 Å². The average Bonchev–Trinajstić information content (AvgIpc) is 2.47. The Kier molecular flexibility index (Phi) is 6.74. The molecule has 1 N–H and O–H groups in total. The highest BCUT2D eigenvalue weighted by Gasteiger charge is 2.15. The van der Waals surface area contributed by atoms with Crippen LogP contribution in [0.5, 0.6) is 0 Å². The predicted octanol–water partition coefficient (Wildman–Crippen LogP) is 1.79. The largest absolute Gasteiger partial charge is 0.469 e. The van der Waals surface area contributed by atoms with Crippen molar-refractivity contribution in [3.8, 4) is 0 Å². The van der Waals surface area contributed by atoms with E-state index in [1.54, 1.807) is 4.90 Å². The van der Waals surface area contributed by atoms with Gasteiger partial charge in [-0.2, -0.15) is 0 Å². The predicted molar refractivity (Wildman–Crippen MR) is 73.7 cm³/mol. The van der Waals surface area contributed by atoms with E-state index in [-0.39, 0.29) is 18.9 Å². The van der Waals surface area contributed by atoms with Gasteiger partial charge in [0.2, 0.25) is 5.91 Å². The number of carbonyl (C=O) groups is 2. The lowest BCUT2D eigenvalue weighted by Crippen LogP contribution is -2.35. The smallest absolute Gasteiger partial charge is 0.306 e. The summed E-state index contributed by atoms with van der Waals surface area (Å²) in [4.78, 5) is 24.5. The molecule has 0 atom stereocenters. The number of anilines is 1. The monoisotopic (exact) mass is 300 g/mol. The highest BCUT2D eigenvalue weighted by molar-refractivity contribution is 5.92. The van der Waals surface area contributed by atoms with Crippen molar-refractivity contribution >= 4 is 17.6 Å². The molecular formula is C14H18F2N2O3. The minimum atomic E-state index is -0.832. The lowest BCUT2D eigenvalue weighted by molar-refractivity contribution is -0.141. The zero-order chi connectivity index (χ0) is 15.8. The van der Waals surface area contributed by atoms with Gasteiger partial charge in [0.1, 0.15) is 17.3 Å². The number of rotatable bonds is 7. The van der Waals surface area contributed by atoms with E-state index in [1.165, 1.54) is 13.2 Å². The summed E-state index contributed by atoms with van der Waals surface area (Å²) >= 11 is 0. The number of para-hydroxylation sites is 1. The number of likely N-dealkylation sites (N-methyl/N-ethyl adjacent to an activating group) is 1. The van der Waals surface area contributed by atoms with Crippen molar-refractivity contribution in [1.29, 1.82) is 0 Å². The van der Waals surface area contributed by atoms with Crippen LogP contribution in [0.2, 0.25) is 0 Å². The number of nitrogens with zero attached hydrogens (tertiary/aromatic N) is 1. The minimum absolute atomic E-state index is 0.0682. The number of carbonyl (C=O) groups excluding carboxylic acids is 2. The second-order valence-electron chi connectivity index (χ2n) is 4.34. The molecule has 1 amide bonds. The van der Waals surface area contributed by atoms with Gasteiger partial charge in [-0.05, 0) is 18.7 Å². The Balaban J connectivity index is 2.57. The van der Waals surface area contributed by atoms with Gasteiger partial charge in [0, 0.05) is 6.54 Å². The van der Waals surface area contributed by atoms with Crippen LogP contribution in [0.4, 0.5) is 14.5 Å². The summed E-state index contributed by atoms with van der Waals surface area (Å²) in [7, 11) is 1.28. The van der Waals surface area contributed by atoms with Crippen LogP contribution in [0, 0.1) is 11.6 Å². The van der Waals surface area contributed by atoms with Gasteiger partial charge in [-0.3, -0.25) is 14.5 Å². The zero-order valence-electron chi connectivity index (χ0n) is 12.0. The number of amides is 1. The van der Waals surface area contributed by atoms with E-state index in [4.69, 9.17) is 0 Å². The molecule has 0 spiro atoms. The Bertz CT molecular complexity index is 489. The summed E-state index contributed by atoms with van der Waals surface area (Å²) in [5, 5.41) is 2.20. The molecule has 0 aromatic heterocycles. The lowest BCUT2D eigenvalue weighted by atomic mass is 10.3. The van der Waals surface area contributed by atoms with Crippen LogP contribution >= 0.6 is 0 Å². The third kappa shape index (κ3) is 5.47. The number of hydrogen-bond donors (Lipinski definition) is 1. The van der Waals surface area contributed by atoms with Gasteiger partial charge in [-0.1, -0.05) is 13.0 Å². The van der Waals surface area contributed by atoms with Crippen LogP contribution in [-0.4, -0.2) is 43.5 Å². The first kappa shape index (κ1) is 17.0. The molecule has 0 fully saturated rings. The fourth-order valence-electron chi connectivity index (χ4n) is 1.70. The maximum absolute atomic E-state index is 13.4. The maximum Gasteiger partial charge on any atom is 0.306 e. The molecule has 21 heavy (non-hydrogen) atoms. The normalized spacial score (nSPS) is 10.5. The standard InChI is InChI=1S/C14H18F2N2O3/c1-3-18(8-7-13(20)21-2)9-12(19)17-14-10(15)5-4-6-11(14)16/h4-6H,3,7-9H2,1-2H3,(H,17,19). The van der Waals surface area contributed by atoms with Crippen molar-refractivity contribution in [1.82, 2.24) is 4.90 Å². The molecule has 0 heterocycles. The van der Waals surface area contributed by atoms with Gasteiger partial charge in [0.05, 0.1) is 20.1 Å². The molecule has 116 valence electrons. The van der Waals surface area contributed by atoms with Crippen molar-refractivity contribution in [2.24, 2.45) is 0 Å².